The molecule has 1 aromatic carbocycles. The molecule has 3 nitrogen and oxygen atoms in total. The van der Waals surface area contributed by atoms with Crippen LogP contribution in [0.1, 0.15) is 24.5 Å². The summed E-state index contributed by atoms with van der Waals surface area (Å²) in [4.78, 5) is 0. The van der Waals surface area contributed by atoms with Gasteiger partial charge in [-0.15, -0.1) is 0 Å². The van der Waals surface area contributed by atoms with Crippen molar-refractivity contribution in [2.24, 2.45) is 5.73 Å². The minimum absolute atomic E-state index is 0.0554. The third-order valence-corrected chi connectivity index (χ3v) is 1.95. The second-order valence-corrected chi connectivity index (χ2v) is 3.21. The lowest BCUT2D eigenvalue weighted by Crippen LogP contribution is -2.14. The summed E-state index contributed by atoms with van der Waals surface area (Å²) in [6.45, 7) is 4.66. The highest BCUT2D eigenvalue weighted by atomic mass is 16.5. The minimum Gasteiger partial charge on any atom is -0.493 e. The van der Waals surface area contributed by atoms with Crippen LogP contribution in [0.5, 0.6) is 5.75 Å². The highest BCUT2D eigenvalue weighted by molar-refractivity contribution is 5.98. The highest BCUT2D eigenvalue weighted by Gasteiger charge is 2.08. The van der Waals surface area contributed by atoms with E-state index in [9.17, 15) is 0 Å². The average molecular weight is 192 g/mol. The van der Waals surface area contributed by atoms with Crippen LogP contribution < -0.4 is 10.5 Å². The van der Waals surface area contributed by atoms with Crippen molar-refractivity contribution in [3.8, 4) is 5.75 Å². The SMILES string of the molecule is CCCOc1c(C)cccc1C(=N)N. The van der Waals surface area contributed by atoms with E-state index < -0.39 is 0 Å². The van der Waals surface area contributed by atoms with E-state index in [-0.39, 0.29) is 5.84 Å². The van der Waals surface area contributed by atoms with Gasteiger partial charge in [-0.05, 0) is 25.0 Å². The van der Waals surface area contributed by atoms with Crippen LogP contribution in [0, 0.1) is 12.3 Å². The van der Waals surface area contributed by atoms with E-state index in [0.29, 0.717) is 12.2 Å². The van der Waals surface area contributed by atoms with Crippen LogP contribution in [-0.2, 0) is 0 Å². The van der Waals surface area contributed by atoms with Gasteiger partial charge in [-0.1, -0.05) is 19.1 Å². The standard InChI is InChI=1S/C11H16N2O/c1-3-7-14-10-8(2)5-4-6-9(10)11(12)13/h4-6H,3,7H2,1-2H3,(H3,12,13). The summed E-state index contributed by atoms with van der Waals surface area (Å²) in [5.74, 6) is 0.793. The van der Waals surface area contributed by atoms with E-state index in [1.807, 2.05) is 26.0 Å². The van der Waals surface area contributed by atoms with Crippen molar-refractivity contribution in [1.82, 2.24) is 0 Å². The summed E-state index contributed by atoms with van der Waals surface area (Å²) < 4.78 is 5.56. The Balaban J connectivity index is 3.02. The molecule has 0 saturated carbocycles. The summed E-state index contributed by atoms with van der Waals surface area (Å²) in [7, 11) is 0. The highest BCUT2D eigenvalue weighted by Crippen LogP contribution is 2.22. The van der Waals surface area contributed by atoms with Gasteiger partial charge < -0.3 is 10.5 Å². The number of para-hydroxylation sites is 1. The average Bonchev–Trinajstić information content (AvgIpc) is 2.15. The molecule has 0 fully saturated rings. The zero-order valence-corrected chi connectivity index (χ0v) is 8.63. The maximum Gasteiger partial charge on any atom is 0.133 e. The smallest absolute Gasteiger partial charge is 0.133 e. The molecule has 1 rings (SSSR count). The lowest BCUT2D eigenvalue weighted by Gasteiger charge is -2.12. The molecule has 14 heavy (non-hydrogen) atoms. The zero-order valence-electron chi connectivity index (χ0n) is 8.63. The molecule has 0 radical (unpaired) electrons. The van der Waals surface area contributed by atoms with Gasteiger partial charge in [0.2, 0.25) is 0 Å². The predicted octanol–water partition coefficient (Wildman–Crippen LogP) is 2.07. The summed E-state index contributed by atoms with van der Waals surface area (Å²) in [5, 5.41) is 7.41. The molecule has 0 atom stereocenters. The number of amidine groups is 1. The summed E-state index contributed by atoms with van der Waals surface area (Å²) in [5.41, 5.74) is 7.16. The molecule has 0 aliphatic heterocycles. The second kappa shape index (κ2) is 4.65. The van der Waals surface area contributed by atoms with Gasteiger partial charge >= 0.3 is 0 Å². The fourth-order valence-electron chi connectivity index (χ4n) is 1.26. The van der Waals surface area contributed by atoms with E-state index >= 15 is 0 Å². The summed E-state index contributed by atoms with van der Waals surface area (Å²) in [6.07, 6.45) is 0.950. The molecular formula is C11H16N2O. The fraction of sp³-hybridized carbons (Fsp3) is 0.364. The Bertz CT molecular complexity index is 334. The second-order valence-electron chi connectivity index (χ2n) is 3.21. The molecule has 0 amide bonds. The van der Waals surface area contributed by atoms with Crippen LogP contribution in [0.2, 0.25) is 0 Å². The summed E-state index contributed by atoms with van der Waals surface area (Å²) >= 11 is 0. The van der Waals surface area contributed by atoms with E-state index in [0.717, 1.165) is 17.7 Å². The van der Waals surface area contributed by atoms with Crippen molar-refractivity contribution in [2.75, 3.05) is 6.61 Å². The largest absolute Gasteiger partial charge is 0.493 e. The van der Waals surface area contributed by atoms with Crippen molar-refractivity contribution >= 4 is 5.84 Å². The van der Waals surface area contributed by atoms with Crippen LogP contribution in [0.3, 0.4) is 0 Å². The normalized spacial score (nSPS) is 9.86. The minimum atomic E-state index is 0.0554. The molecule has 0 saturated heterocycles. The number of aryl methyl sites for hydroxylation is 1. The van der Waals surface area contributed by atoms with E-state index in [1.165, 1.54) is 0 Å². The van der Waals surface area contributed by atoms with Crippen molar-refractivity contribution < 1.29 is 4.74 Å². The maximum absolute atomic E-state index is 7.41. The first-order valence-electron chi connectivity index (χ1n) is 4.73. The van der Waals surface area contributed by atoms with Crippen molar-refractivity contribution in [3.63, 3.8) is 0 Å². The lowest BCUT2D eigenvalue weighted by molar-refractivity contribution is 0.314. The number of hydrogen-bond donors (Lipinski definition) is 2. The van der Waals surface area contributed by atoms with Gasteiger partial charge in [0.25, 0.3) is 0 Å². The molecule has 0 aliphatic rings. The van der Waals surface area contributed by atoms with Crippen LogP contribution >= 0.6 is 0 Å². The number of nitrogens with one attached hydrogen (secondary N) is 1. The third kappa shape index (κ3) is 2.25. The predicted molar refractivity (Wildman–Crippen MR) is 58.0 cm³/mol. The van der Waals surface area contributed by atoms with Gasteiger partial charge in [-0.3, -0.25) is 5.41 Å². The Morgan fingerprint density at radius 2 is 2.21 bits per heavy atom. The number of nitrogen functional groups attached to an aromatic ring is 1. The Kier molecular flexibility index (Phi) is 3.51. The molecule has 3 N–H and O–H groups in total. The Labute approximate surface area is 84.4 Å². The van der Waals surface area contributed by atoms with Gasteiger partial charge in [0.1, 0.15) is 11.6 Å². The number of nitrogens with two attached hydrogens (primary N) is 1. The van der Waals surface area contributed by atoms with Crippen molar-refractivity contribution in [3.05, 3.63) is 29.3 Å². The van der Waals surface area contributed by atoms with Crippen LogP contribution in [0.4, 0.5) is 0 Å². The Hall–Kier alpha value is -1.51. The molecule has 0 spiro atoms. The molecule has 1 aromatic rings. The number of hydrogen-bond acceptors (Lipinski definition) is 2. The van der Waals surface area contributed by atoms with Gasteiger partial charge in [0.15, 0.2) is 0 Å². The monoisotopic (exact) mass is 192 g/mol. The van der Waals surface area contributed by atoms with Gasteiger partial charge in [-0.2, -0.15) is 0 Å². The lowest BCUT2D eigenvalue weighted by atomic mass is 10.1. The quantitative estimate of drug-likeness (QED) is 0.566. The maximum atomic E-state index is 7.41. The van der Waals surface area contributed by atoms with Crippen molar-refractivity contribution in [2.45, 2.75) is 20.3 Å². The Morgan fingerprint density at radius 1 is 1.50 bits per heavy atom. The fourth-order valence-corrected chi connectivity index (χ4v) is 1.26. The first-order valence-corrected chi connectivity index (χ1v) is 4.73. The molecule has 0 bridgehead atoms. The topological polar surface area (TPSA) is 59.1 Å². The number of ether oxygens (including phenoxy) is 1. The summed E-state index contributed by atoms with van der Waals surface area (Å²) in [6, 6.07) is 5.64. The molecular weight excluding hydrogens is 176 g/mol. The molecule has 76 valence electrons. The van der Waals surface area contributed by atoms with E-state index in [2.05, 4.69) is 0 Å². The number of benzene rings is 1. The van der Waals surface area contributed by atoms with Crippen LogP contribution in [0.25, 0.3) is 0 Å². The van der Waals surface area contributed by atoms with E-state index in [4.69, 9.17) is 15.9 Å². The van der Waals surface area contributed by atoms with Crippen molar-refractivity contribution in [1.29, 1.82) is 5.41 Å². The zero-order chi connectivity index (χ0) is 10.6. The molecule has 0 unspecified atom stereocenters. The molecule has 0 aliphatic carbocycles. The first kappa shape index (κ1) is 10.6. The molecule has 0 heterocycles. The molecule has 3 heteroatoms. The number of rotatable bonds is 4. The van der Waals surface area contributed by atoms with E-state index in [1.54, 1.807) is 6.07 Å². The van der Waals surface area contributed by atoms with Gasteiger partial charge in [-0.25, -0.2) is 0 Å². The van der Waals surface area contributed by atoms with Gasteiger partial charge in [0.05, 0.1) is 12.2 Å². The first-order chi connectivity index (χ1) is 6.66. The Morgan fingerprint density at radius 3 is 2.79 bits per heavy atom. The van der Waals surface area contributed by atoms with Crippen LogP contribution in [-0.4, -0.2) is 12.4 Å². The third-order valence-electron chi connectivity index (χ3n) is 1.95. The van der Waals surface area contributed by atoms with Crippen LogP contribution in [0.15, 0.2) is 18.2 Å². The van der Waals surface area contributed by atoms with Gasteiger partial charge in [0, 0.05) is 0 Å². The molecule has 0 aromatic heterocycles.